The van der Waals surface area contributed by atoms with Crippen LogP contribution in [0.15, 0.2) is 77.9 Å². The molecule has 0 bridgehead atoms. The molecule has 5 heteroatoms. The third kappa shape index (κ3) is 3.77. The number of benzene rings is 3. The molecule has 0 aliphatic rings. The summed E-state index contributed by atoms with van der Waals surface area (Å²) in [5.41, 5.74) is 6.61. The lowest BCUT2D eigenvalue weighted by Crippen LogP contribution is -2.18. The third-order valence-corrected chi connectivity index (χ3v) is 4.29. The van der Waals surface area contributed by atoms with Crippen molar-refractivity contribution < 1.29 is 4.79 Å². The smallest absolute Gasteiger partial charge is 0.272 e. The Kier molecular flexibility index (Phi) is 4.49. The molecule has 1 amide bonds. The number of nitrogens with one attached hydrogen (secondary N) is 2. The van der Waals surface area contributed by atoms with Crippen molar-refractivity contribution in [2.24, 2.45) is 5.10 Å². The van der Waals surface area contributed by atoms with Gasteiger partial charge in [-0.3, -0.25) is 9.89 Å². The van der Waals surface area contributed by atoms with E-state index < -0.39 is 0 Å². The van der Waals surface area contributed by atoms with Gasteiger partial charge in [0.25, 0.3) is 5.91 Å². The number of amides is 1. The summed E-state index contributed by atoms with van der Waals surface area (Å²) in [5, 5.41) is 13.3. The van der Waals surface area contributed by atoms with Crippen LogP contribution in [0.25, 0.3) is 22.0 Å². The van der Waals surface area contributed by atoms with Gasteiger partial charge in [-0.05, 0) is 35.4 Å². The predicted octanol–water partition coefficient (Wildman–Crippen LogP) is 4.30. The standard InChI is InChI=1S/C22H18N4O/c1-15-5-4-6-16(11-15)14-23-26-22(27)21-13-20(24-25-21)19-10-9-17-7-2-3-8-18(17)12-19/h2-14H,1H3,(H,24,25)(H,26,27). The van der Waals surface area contributed by atoms with Gasteiger partial charge in [0.05, 0.1) is 11.9 Å². The van der Waals surface area contributed by atoms with Crippen LogP contribution in [0.4, 0.5) is 0 Å². The number of rotatable bonds is 4. The Labute approximate surface area is 156 Å². The van der Waals surface area contributed by atoms with Gasteiger partial charge in [0.2, 0.25) is 0 Å². The van der Waals surface area contributed by atoms with E-state index in [1.807, 2.05) is 55.5 Å². The van der Waals surface area contributed by atoms with E-state index >= 15 is 0 Å². The highest BCUT2D eigenvalue weighted by molar-refractivity contribution is 5.94. The lowest BCUT2D eigenvalue weighted by molar-refractivity contribution is 0.0950. The van der Waals surface area contributed by atoms with Gasteiger partial charge in [0, 0.05) is 5.56 Å². The van der Waals surface area contributed by atoms with Crippen LogP contribution in [0.2, 0.25) is 0 Å². The van der Waals surface area contributed by atoms with Crippen LogP contribution in [-0.2, 0) is 0 Å². The Morgan fingerprint density at radius 3 is 2.70 bits per heavy atom. The lowest BCUT2D eigenvalue weighted by atomic mass is 10.1. The van der Waals surface area contributed by atoms with Crippen molar-refractivity contribution in [1.82, 2.24) is 15.6 Å². The average molecular weight is 354 g/mol. The Balaban J connectivity index is 1.48. The minimum Gasteiger partial charge on any atom is -0.272 e. The van der Waals surface area contributed by atoms with Crippen LogP contribution in [-0.4, -0.2) is 22.3 Å². The summed E-state index contributed by atoms with van der Waals surface area (Å²) in [6.45, 7) is 2.01. The van der Waals surface area contributed by atoms with Crippen LogP contribution in [0.5, 0.6) is 0 Å². The number of aromatic amines is 1. The summed E-state index contributed by atoms with van der Waals surface area (Å²) in [6.07, 6.45) is 1.62. The van der Waals surface area contributed by atoms with Gasteiger partial charge < -0.3 is 0 Å². The molecule has 0 atom stereocenters. The highest BCUT2D eigenvalue weighted by Crippen LogP contribution is 2.23. The number of hydrogen-bond acceptors (Lipinski definition) is 3. The molecule has 0 saturated heterocycles. The minimum absolute atomic E-state index is 0.335. The molecule has 0 aliphatic heterocycles. The summed E-state index contributed by atoms with van der Waals surface area (Å²) < 4.78 is 0. The maximum absolute atomic E-state index is 12.3. The quantitative estimate of drug-likeness (QED) is 0.424. The second-order valence-corrected chi connectivity index (χ2v) is 6.34. The molecule has 0 radical (unpaired) electrons. The zero-order valence-electron chi connectivity index (χ0n) is 14.8. The van der Waals surface area contributed by atoms with Crippen molar-refractivity contribution in [2.75, 3.05) is 0 Å². The first-order valence-electron chi connectivity index (χ1n) is 8.64. The van der Waals surface area contributed by atoms with E-state index in [-0.39, 0.29) is 5.91 Å². The zero-order chi connectivity index (χ0) is 18.6. The van der Waals surface area contributed by atoms with Crippen molar-refractivity contribution in [1.29, 1.82) is 0 Å². The SMILES string of the molecule is Cc1cccc(C=NNC(=O)c2cc(-c3ccc4ccccc4c3)n[nH]2)c1. The monoisotopic (exact) mass is 354 g/mol. The van der Waals surface area contributed by atoms with Crippen LogP contribution in [0.3, 0.4) is 0 Å². The number of nitrogens with zero attached hydrogens (tertiary/aromatic N) is 2. The Morgan fingerprint density at radius 1 is 1.00 bits per heavy atom. The van der Waals surface area contributed by atoms with Crippen molar-refractivity contribution in [2.45, 2.75) is 6.92 Å². The number of hydrazone groups is 1. The molecule has 1 aromatic heterocycles. The molecule has 0 fully saturated rings. The molecular formula is C22H18N4O. The number of aryl methyl sites for hydroxylation is 1. The van der Waals surface area contributed by atoms with Crippen molar-refractivity contribution in [3.63, 3.8) is 0 Å². The maximum Gasteiger partial charge on any atom is 0.289 e. The van der Waals surface area contributed by atoms with Crippen molar-refractivity contribution >= 4 is 22.9 Å². The Hall–Kier alpha value is -3.73. The summed E-state index contributed by atoms with van der Waals surface area (Å²) in [6, 6.07) is 23.8. The van der Waals surface area contributed by atoms with Crippen LogP contribution in [0.1, 0.15) is 21.6 Å². The second kappa shape index (κ2) is 7.25. The normalized spacial score (nSPS) is 11.1. The minimum atomic E-state index is -0.335. The zero-order valence-corrected chi connectivity index (χ0v) is 14.8. The van der Waals surface area contributed by atoms with Gasteiger partial charge >= 0.3 is 0 Å². The van der Waals surface area contributed by atoms with Crippen molar-refractivity contribution in [3.05, 3.63) is 89.6 Å². The van der Waals surface area contributed by atoms with Crippen LogP contribution in [0, 0.1) is 6.92 Å². The summed E-state index contributed by atoms with van der Waals surface area (Å²) in [7, 11) is 0. The molecule has 27 heavy (non-hydrogen) atoms. The summed E-state index contributed by atoms with van der Waals surface area (Å²) >= 11 is 0. The fourth-order valence-electron chi connectivity index (χ4n) is 2.91. The van der Waals surface area contributed by atoms with E-state index in [1.54, 1.807) is 12.3 Å². The molecule has 132 valence electrons. The molecule has 3 aromatic carbocycles. The van der Waals surface area contributed by atoms with E-state index in [2.05, 4.69) is 38.9 Å². The molecule has 4 rings (SSSR count). The van der Waals surface area contributed by atoms with Gasteiger partial charge in [-0.25, -0.2) is 5.43 Å². The summed E-state index contributed by atoms with van der Waals surface area (Å²) in [5.74, 6) is -0.335. The van der Waals surface area contributed by atoms with Gasteiger partial charge in [0.1, 0.15) is 5.69 Å². The topological polar surface area (TPSA) is 70.1 Å². The second-order valence-electron chi connectivity index (χ2n) is 6.34. The third-order valence-electron chi connectivity index (χ3n) is 4.29. The van der Waals surface area contributed by atoms with E-state index in [0.717, 1.165) is 22.1 Å². The van der Waals surface area contributed by atoms with Crippen LogP contribution >= 0.6 is 0 Å². The van der Waals surface area contributed by atoms with Gasteiger partial charge in [-0.2, -0.15) is 10.2 Å². The molecular weight excluding hydrogens is 336 g/mol. The number of aromatic nitrogens is 2. The number of fused-ring (bicyclic) bond motifs is 1. The highest BCUT2D eigenvalue weighted by Gasteiger charge is 2.10. The molecule has 5 nitrogen and oxygen atoms in total. The molecule has 0 spiro atoms. The Morgan fingerprint density at radius 2 is 1.85 bits per heavy atom. The molecule has 4 aromatic rings. The summed E-state index contributed by atoms with van der Waals surface area (Å²) in [4.78, 5) is 12.3. The number of carbonyl (C=O) groups is 1. The molecule has 2 N–H and O–H groups in total. The van der Waals surface area contributed by atoms with E-state index in [4.69, 9.17) is 0 Å². The molecule has 0 saturated carbocycles. The van der Waals surface area contributed by atoms with E-state index in [9.17, 15) is 4.79 Å². The van der Waals surface area contributed by atoms with Gasteiger partial charge in [0.15, 0.2) is 0 Å². The van der Waals surface area contributed by atoms with Gasteiger partial charge in [-0.1, -0.05) is 66.2 Å². The molecule has 0 unspecified atom stereocenters. The first-order chi connectivity index (χ1) is 13.2. The van der Waals surface area contributed by atoms with Gasteiger partial charge in [-0.15, -0.1) is 0 Å². The molecule has 0 aliphatic carbocycles. The number of H-pyrrole nitrogens is 1. The van der Waals surface area contributed by atoms with Crippen LogP contribution < -0.4 is 5.43 Å². The predicted molar refractivity (Wildman–Crippen MR) is 108 cm³/mol. The average Bonchev–Trinajstić information content (AvgIpc) is 3.18. The first kappa shape index (κ1) is 16.7. The Bertz CT molecular complexity index is 1140. The fraction of sp³-hybridized carbons (Fsp3) is 0.0455. The van der Waals surface area contributed by atoms with Crippen molar-refractivity contribution in [3.8, 4) is 11.3 Å². The largest absolute Gasteiger partial charge is 0.289 e. The number of hydrogen-bond donors (Lipinski definition) is 2. The lowest BCUT2D eigenvalue weighted by Gasteiger charge is -2.00. The first-order valence-corrected chi connectivity index (χ1v) is 8.64. The fourth-order valence-corrected chi connectivity index (χ4v) is 2.91. The highest BCUT2D eigenvalue weighted by atomic mass is 16.2. The molecule has 1 heterocycles. The number of carbonyl (C=O) groups excluding carboxylic acids is 1. The van der Waals surface area contributed by atoms with E-state index in [0.29, 0.717) is 11.4 Å². The maximum atomic E-state index is 12.3. The van der Waals surface area contributed by atoms with E-state index in [1.165, 1.54) is 5.39 Å².